The summed E-state index contributed by atoms with van der Waals surface area (Å²) in [5, 5.41) is 10.6. The number of amides is 3. The monoisotopic (exact) mass is 384 g/mol. The van der Waals surface area contributed by atoms with Crippen LogP contribution >= 0.6 is 0 Å². The molecule has 1 saturated carbocycles. The fourth-order valence-corrected chi connectivity index (χ4v) is 3.62. The Hall–Kier alpha value is -3.23. The average Bonchev–Trinajstić information content (AvgIpc) is 3.41. The smallest absolute Gasteiger partial charge is 0.325 e. The first-order valence-corrected chi connectivity index (χ1v) is 9.25. The maximum Gasteiger partial charge on any atom is 0.325 e. The molecule has 28 heavy (non-hydrogen) atoms. The molecule has 2 heterocycles. The van der Waals surface area contributed by atoms with Crippen LogP contribution in [0, 0.1) is 0 Å². The van der Waals surface area contributed by atoms with Crippen molar-refractivity contribution in [1.29, 1.82) is 0 Å². The molecule has 0 radical (unpaired) electrons. The third-order valence-corrected chi connectivity index (χ3v) is 5.09. The quantitative estimate of drug-likeness (QED) is 0.598. The van der Waals surface area contributed by atoms with Gasteiger partial charge in [0.1, 0.15) is 5.54 Å². The SMILES string of the molecule is O=C(CCN1C(=O)NC2(CCCC2)C1=O)OCc1nnc(-c2ccccc2)o1. The molecule has 9 nitrogen and oxygen atoms in total. The molecule has 0 atom stereocenters. The van der Waals surface area contributed by atoms with Gasteiger partial charge in [-0.05, 0) is 25.0 Å². The summed E-state index contributed by atoms with van der Waals surface area (Å²) in [6.07, 6.45) is 3.04. The van der Waals surface area contributed by atoms with Crippen molar-refractivity contribution in [2.45, 2.75) is 44.2 Å². The van der Waals surface area contributed by atoms with E-state index in [0.717, 1.165) is 23.3 Å². The number of esters is 1. The predicted octanol–water partition coefficient (Wildman–Crippen LogP) is 2.03. The highest BCUT2D eigenvalue weighted by Crippen LogP contribution is 2.35. The molecular formula is C19H20N4O5. The lowest BCUT2D eigenvalue weighted by Gasteiger charge is -2.19. The standard InChI is InChI=1S/C19H20N4O5/c24-15(8-11-23-17(25)19(20-18(23)26)9-4-5-10-19)27-12-14-21-22-16(28-14)13-6-2-1-3-7-13/h1-3,6-7H,4-5,8-12H2,(H,20,26). The van der Waals surface area contributed by atoms with Crippen molar-refractivity contribution in [3.63, 3.8) is 0 Å². The number of carbonyl (C=O) groups is 3. The largest absolute Gasteiger partial charge is 0.456 e. The Balaban J connectivity index is 1.27. The summed E-state index contributed by atoms with van der Waals surface area (Å²) in [5.41, 5.74) is 0.00506. The van der Waals surface area contributed by atoms with Crippen LogP contribution in [-0.2, 0) is 20.9 Å². The second-order valence-corrected chi connectivity index (χ2v) is 6.95. The third-order valence-electron chi connectivity index (χ3n) is 5.09. The molecule has 1 aromatic carbocycles. The molecule has 3 amide bonds. The van der Waals surface area contributed by atoms with E-state index in [2.05, 4.69) is 15.5 Å². The summed E-state index contributed by atoms with van der Waals surface area (Å²) in [5.74, 6) is -0.278. The van der Waals surface area contributed by atoms with Crippen molar-refractivity contribution < 1.29 is 23.5 Å². The molecule has 1 aliphatic carbocycles. The Bertz CT molecular complexity index is 889. The van der Waals surface area contributed by atoms with Crippen molar-refractivity contribution in [3.8, 4) is 11.5 Å². The lowest BCUT2D eigenvalue weighted by atomic mass is 9.98. The molecule has 2 fully saturated rings. The van der Waals surface area contributed by atoms with Gasteiger partial charge < -0.3 is 14.5 Å². The van der Waals surface area contributed by atoms with E-state index in [1.165, 1.54) is 0 Å². The molecule has 1 spiro atoms. The summed E-state index contributed by atoms with van der Waals surface area (Å²) >= 11 is 0. The van der Waals surface area contributed by atoms with Crippen LogP contribution in [0.4, 0.5) is 4.79 Å². The third kappa shape index (κ3) is 3.47. The lowest BCUT2D eigenvalue weighted by Crippen LogP contribution is -2.44. The van der Waals surface area contributed by atoms with E-state index >= 15 is 0 Å². The van der Waals surface area contributed by atoms with Gasteiger partial charge in [0.25, 0.3) is 11.8 Å². The van der Waals surface area contributed by atoms with Crippen LogP contribution in [-0.4, -0.2) is 45.1 Å². The van der Waals surface area contributed by atoms with E-state index in [1.54, 1.807) is 0 Å². The van der Waals surface area contributed by atoms with E-state index in [0.29, 0.717) is 18.7 Å². The van der Waals surface area contributed by atoms with Crippen LogP contribution in [0.3, 0.4) is 0 Å². The first kappa shape index (κ1) is 18.1. The second-order valence-electron chi connectivity index (χ2n) is 6.95. The summed E-state index contributed by atoms with van der Waals surface area (Å²) in [6, 6.07) is 8.80. The summed E-state index contributed by atoms with van der Waals surface area (Å²) in [6.45, 7) is -0.174. The van der Waals surface area contributed by atoms with E-state index in [1.807, 2.05) is 30.3 Å². The Morgan fingerprint density at radius 2 is 1.93 bits per heavy atom. The van der Waals surface area contributed by atoms with E-state index in [9.17, 15) is 14.4 Å². The van der Waals surface area contributed by atoms with Crippen molar-refractivity contribution in [2.75, 3.05) is 6.54 Å². The van der Waals surface area contributed by atoms with E-state index in [4.69, 9.17) is 9.15 Å². The molecule has 2 aliphatic rings. The van der Waals surface area contributed by atoms with Gasteiger partial charge >= 0.3 is 12.0 Å². The Labute approximate surface area is 161 Å². The highest BCUT2D eigenvalue weighted by Gasteiger charge is 2.52. The molecule has 0 bridgehead atoms. The first-order chi connectivity index (χ1) is 13.6. The molecule has 9 heteroatoms. The van der Waals surface area contributed by atoms with Gasteiger partial charge in [0, 0.05) is 12.1 Å². The number of hydrogen-bond acceptors (Lipinski definition) is 7. The van der Waals surface area contributed by atoms with Crippen LogP contribution in [0.1, 0.15) is 38.0 Å². The fraction of sp³-hybridized carbons (Fsp3) is 0.421. The van der Waals surface area contributed by atoms with Gasteiger partial charge in [-0.15, -0.1) is 10.2 Å². The Morgan fingerprint density at radius 1 is 1.18 bits per heavy atom. The number of urea groups is 1. The Kier molecular flexibility index (Phi) is 4.81. The van der Waals surface area contributed by atoms with Gasteiger partial charge in [-0.25, -0.2) is 4.79 Å². The van der Waals surface area contributed by atoms with Crippen LogP contribution < -0.4 is 5.32 Å². The van der Waals surface area contributed by atoms with Gasteiger partial charge in [0.15, 0.2) is 6.61 Å². The minimum absolute atomic E-state index is 0.00957. The molecular weight excluding hydrogens is 364 g/mol. The average molecular weight is 384 g/mol. The fourth-order valence-electron chi connectivity index (χ4n) is 3.62. The number of rotatable bonds is 6. The number of nitrogens with one attached hydrogen (secondary N) is 1. The lowest BCUT2D eigenvalue weighted by molar-refractivity contribution is -0.146. The summed E-state index contributed by atoms with van der Waals surface area (Å²) < 4.78 is 10.6. The summed E-state index contributed by atoms with van der Waals surface area (Å²) in [4.78, 5) is 37.7. The number of ether oxygens (including phenoxy) is 1. The molecule has 1 saturated heterocycles. The number of carbonyl (C=O) groups excluding carboxylic acids is 3. The normalized spacial score (nSPS) is 17.9. The van der Waals surface area contributed by atoms with Gasteiger partial charge in [-0.3, -0.25) is 14.5 Å². The van der Waals surface area contributed by atoms with Gasteiger partial charge in [0.05, 0.1) is 6.42 Å². The van der Waals surface area contributed by atoms with Gasteiger partial charge in [-0.1, -0.05) is 31.0 Å². The van der Waals surface area contributed by atoms with E-state index < -0.39 is 17.5 Å². The van der Waals surface area contributed by atoms with Gasteiger partial charge in [-0.2, -0.15) is 0 Å². The number of aromatic nitrogens is 2. The molecule has 1 aromatic heterocycles. The Morgan fingerprint density at radius 3 is 2.68 bits per heavy atom. The predicted molar refractivity (Wildman–Crippen MR) is 95.6 cm³/mol. The van der Waals surface area contributed by atoms with Crippen LogP contribution in [0.2, 0.25) is 0 Å². The maximum atomic E-state index is 12.5. The van der Waals surface area contributed by atoms with Crippen molar-refractivity contribution in [2.24, 2.45) is 0 Å². The second kappa shape index (κ2) is 7.41. The van der Waals surface area contributed by atoms with Crippen molar-refractivity contribution >= 4 is 17.9 Å². The van der Waals surface area contributed by atoms with Crippen molar-refractivity contribution in [3.05, 3.63) is 36.2 Å². The number of imide groups is 1. The highest BCUT2D eigenvalue weighted by molar-refractivity contribution is 6.07. The van der Waals surface area contributed by atoms with Crippen LogP contribution in [0.15, 0.2) is 34.7 Å². The van der Waals surface area contributed by atoms with E-state index in [-0.39, 0.29) is 31.4 Å². The van der Waals surface area contributed by atoms with Crippen LogP contribution in [0.5, 0.6) is 0 Å². The van der Waals surface area contributed by atoms with Gasteiger partial charge in [0.2, 0.25) is 5.89 Å². The zero-order valence-electron chi connectivity index (χ0n) is 15.2. The molecule has 2 aromatic rings. The maximum absolute atomic E-state index is 12.5. The first-order valence-electron chi connectivity index (χ1n) is 9.25. The summed E-state index contributed by atoms with van der Waals surface area (Å²) in [7, 11) is 0. The van der Waals surface area contributed by atoms with Crippen LogP contribution in [0.25, 0.3) is 11.5 Å². The molecule has 146 valence electrons. The minimum atomic E-state index is -0.765. The topological polar surface area (TPSA) is 115 Å². The molecule has 4 rings (SSSR count). The zero-order valence-corrected chi connectivity index (χ0v) is 15.2. The van der Waals surface area contributed by atoms with Crippen molar-refractivity contribution in [1.82, 2.24) is 20.4 Å². The molecule has 1 N–H and O–H groups in total. The number of benzene rings is 1. The minimum Gasteiger partial charge on any atom is -0.456 e. The number of hydrogen-bond donors (Lipinski definition) is 1. The molecule has 0 unspecified atom stereocenters. The highest BCUT2D eigenvalue weighted by atomic mass is 16.5. The number of nitrogens with zero attached hydrogens (tertiary/aromatic N) is 3. The molecule has 1 aliphatic heterocycles. The zero-order chi connectivity index (χ0) is 19.6.